The number of carboxylic acids is 1. The number of carbonyl (C=O) groups excluding carboxylic acids is 2. The highest BCUT2D eigenvalue weighted by atomic mass is 32.2. The van der Waals surface area contributed by atoms with E-state index in [1.54, 1.807) is 6.08 Å². The van der Waals surface area contributed by atoms with E-state index in [9.17, 15) is 19.5 Å². The van der Waals surface area contributed by atoms with Gasteiger partial charge in [-0.2, -0.15) is 0 Å². The van der Waals surface area contributed by atoms with Crippen molar-refractivity contribution in [1.29, 1.82) is 0 Å². The Morgan fingerprint density at radius 3 is 2.74 bits per heavy atom. The molecule has 0 radical (unpaired) electrons. The first-order valence-corrected chi connectivity index (χ1v) is 9.21. The number of fused-ring (bicyclic) bond motifs is 1. The zero-order valence-electron chi connectivity index (χ0n) is 14.3. The van der Waals surface area contributed by atoms with Gasteiger partial charge in [-0.25, -0.2) is 9.78 Å². The summed E-state index contributed by atoms with van der Waals surface area (Å²) in [5, 5.41) is 9.45. The van der Waals surface area contributed by atoms with Crippen LogP contribution in [0.15, 0.2) is 29.2 Å². The van der Waals surface area contributed by atoms with Crippen LogP contribution in [0.5, 0.6) is 0 Å². The van der Waals surface area contributed by atoms with Gasteiger partial charge in [0.1, 0.15) is 16.2 Å². The van der Waals surface area contributed by atoms with Crippen molar-refractivity contribution in [3.05, 3.63) is 35.0 Å². The van der Waals surface area contributed by atoms with Gasteiger partial charge >= 0.3 is 5.97 Å². The molecule has 1 aliphatic rings. The molecule has 0 saturated carbocycles. The molecule has 1 aromatic heterocycles. The smallest absolute Gasteiger partial charge is 0.326 e. The fraction of sp³-hybridized carbons (Fsp3) is 0.235. The lowest BCUT2D eigenvalue weighted by Crippen LogP contribution is -2.44. The standard InChI is InChI=1S/C17H16N4O4S2/c1-20-10-5-3-2-4-9(10)19-14(20)8-12-15(23)21(17(26)27-12)11(16(24)25)6-7-13(18)22/h2-5,8,11H,6-7H2,1H3,(H2,18,22)(H,24,25)/b12-8+. The number of nitrogens with two attached hydrogens (primary N) is 1. The molecule has 2 amide bonds. The molecule has 10 heteroatoms. The number of carboxylic acid groups (broad SMARTS) is 1. The van der Waals surface area contributed by atoms with Crippen LogP contribution in [0.1, 0.15) is 18.7 Å². The van der Waals surface area contributed by atoms with Crippen LogP contribution in [-0.4, -0.2) is 47.7 Å². The Morgan fingerprint density at radius 2 is 2.11 bits per heavy atom. The summed E-state index contributed by atoms with van der Waals surface area (Å²) < 4.78 is 1.96. The van der Waals surface area contributed by atoms with E-state index in [0.29, 0.717) is 5.82 Å². The Morgan fingerprint density at radius 1 is 1.41 bits per heavy atom. The number of hydrogen-bond acceptors (Lipinski definition) is 6. The molecule has 1 unspecified atom stereocenters. The molecule has 0 bridgehead atoms. The molecule has 1 aliphatic heterocycles. The number of aromatic nitrogens is 2. The Hall–Kier alpha value is -2.72. The Labute approximate surface area is 164 Å². The van der Waals surface area contributed by atoms with Crippen LogP contribution in [0.25, 0.3) is 17.1 Å². The van der Waals surface area contributed by atoms with Crippen LogP contribution in [0.4, 0.5) is 0 Å². The minimum atomic E-state index is -1.24. The summed E-state index contributed by atoms with van der Waals surface area (Å²) in [6.45, 7) is 0. The number of imidazole rings is 1. The first-order chi connectivity index (χ1) is 12.8. The minimum absolute atomic E-state index is 0.101. The van der Waals surface area contributed by atoms with Crippen molar-refractivity contribution in [1.82, 2.24) is 14.5 Å². The number of benzene rings is 1. The highest BCUT2D eigenvalue weighted by Crippen LogP contribution is 2.35. The van der Waals surface area contributed by atoms with Gasteiger partial charge in [-0.1, -0.05) is 36.1 Å². The summed E-state index contributed by atoms with van der Waals surface area (Å²) >= 11 is 6.22. The summed E-state index contributed by atoms with van der Waals surface area (Å²) in [5.74, 6) is -1.84. The number of thiocarbonyl (C=S) groups is 1. The number of nitrogens with zero attached hydrogens (tertiary/aromatic N) is 3. The second-order valence-electron chi connectivity index (χ2n) is 5.93. The first kappa shape index (κ1) is 19.1. The average Bonchev–Trinajstić information content (AvgIpc) is 3.06. The van der Waals surface area contributed by atoms with E-state index in [0.717, 1.165) is 27.7 Å². The maximum atomic E-state index is 12.8. The highest BCUT2D eigenvalue weighted by molar-refractivity contribution is 8.26. The zero-order valence-corrected chi connectivity index (χ0v) is 15.9. The summed E-state index contributed by atoms with van der Waals surface area (Å²) in [4.78, 5) is 41.1. The molecule has 2 aromatic rings. The summed E-state index contributed by atoms with van der Waals surface area (Å²) in [7, 11) is 1.83. The fourth-order valence-electron chi connectivity index (χ4n) is 2.80. The van der Waals surface area contributed by atoms with E-state index in [2.05, 4.69) is 4.98 Å². The summed E-state index contributed by atoms with van der Waals surface area (Å²) in [6.07, 6.45) is 1.33. The van der Waals surface area contributed by atoms with Gasteiger partial charge in [0.25, 0.3) is 5.91 Å². The molecule has 1 atom stereocenters. The number of amides is 2. The highest BCUT2D eigenvalue weighted by Gasteiger charge is 2.40. The SMILES string of the molecule is Cn1c(/C=C2/SC(=S)N(C(CCC(N)=O)C(=O)O)C2=O)nc2ccccc21. The third-order valence-corrected chi connectivity index (χ3v) is 5.50. The van der Waals surface area contributed by atoms with Crippen molar-refractivity contribution in [2.24, 2.45) is 12.8 Å². The summed E-state index contributed by atoms with van der Waals surface area (Å²) in [6, 6.07) is 6.30. The monoisotopic (exact) mass is 404 g/mol. The maximum Gasteiger partial charge on any atom is 0.326 e. The lowest BCUT2D eigenvalue weighted by Gasteiger charge is -2.22. The number of rotatable bonds is 6. The normalized spacial score (nSPS) is 17.1. The average molecular weight is 404 g/mol. The molecule has 8 nitrogen and oxygen atoms in total. The summed E-state index contributed by atoms with van der Waals surface area (Å²) in [5.41, 5.74) is 6.79. The van der Waals surface area contributed by atoms with Crippen molar-refractivity contribution >= 4 is 63.2 Å². The largest absolute Gasteiger partial charge is 0.480 e. The van der Waals surface area contributed by atoms with Crippen LogP contribution in [0.3, 0.4) is 0 Å². The van der Waals surface area contributed by atoms with Crippen molar-refractivity contribution in [2.45, 2.75) is 18.9 Å². The molecule has 3 rings (SSSR count). The van der Waals surface area contributed by atoms with Gasteiger partial charge in [0, 0.05) is 19.5 Å². The third-order valence-electron chi connectivity index (χ3n) is 4.17. The quantitative estimate of drug-likeness (QED) is 0.553. The van der Waals surface area contributed by atoms with Gasteiger partial charge in [-0.15, -0.1) is 0 Å². The number of hydrogen-bond donors (Lipinski definition) is 2. The van der Waals surface area contributed by atoms with Gasteiger partial charge < -0.3 is 15.4 Å². The van der Waals surface area contributed by atoms with E-state index in [1.165, 1.54) is 0 Å². The number of primary amides is 1. The Kier molecular flexibility index (Phi) is 5.29. The van der Waals surface area contributed by atoms with E-state index in [1.807, 2.05) is 35.9 Å². The van der Waals surface area contributed by atoms with Crippen molar-refractivity contribution in [2.75, 3.05) is 0 Å². The second-order valence-corrected chi connectivity index (χ2v) is 7.60. The van der Waals surface area contributed by atoms with Gasteiger partial charge in [0.05, 0.1) is 15.9 Å². The Balaban J connectivity index is 1.92. The Bertz CT molecular complexity index is 998. The molecule has 0 aliphatic carbocycles. The maximum absolute atomic E-state index is 12.8. The minimum Gasteiger partial charge on any atom is -0.480 e. The van der Waals surface area contributed by atoms with Crippen LogP contribution >= 0.6 is 24.0 Å². The van der Waals surface area contributed by atoms with Crippen LogP contribution in [-0.2, 0) is 21.4 Å². The van der Waals surface area contributed by atoms with E-state index in [4.69, 9.17) is 18.0 Å². The van der Waals surface area contributed by atoms with E-state index >= 15 is 0 Å². The molecule has 1 aromatic carbocycles. The van der Waals surface area contributed by atoms with Crippen LogP contribution < -0.4 is 5.73 Å². The topological polar surface area (TPSA) is 119 Å². The van der Waals surface area contributed by atoms with E-state index in [-0.39, 0.29) is 22.1 Å². The second kappa shape index (κ2) is 7.49. The third kappa shape index (κ3) is 3.71. The number of para-hydroxylation sites is 2. The van der Waals surface area contributed by atoms with Crippen molar-refractivity contribution in [3.8, 4) is 0 Å². The lowest BCUT2D eigenvalue weighted by atomic mass is 10.1. The molecular weight excluding hydrogens is 388 g/mol. The predicted molar refractivity (Wildman–Crippen MR) is 106 cm³/mol. The molecule has 0 spiro atoms. The fourth-order valence-corrected chi connectivity index (χ4v) is 4.13. The predicted octanol–water partition coefficient (Wildman–Crippen LogP) is 1.49. The number of thioether (sulfide) groups is 1. The number of aliphatic carboxylic acids is 1. The van der Waals surface area contributed by atoms with Gasteiger partial charge in [-0.3, -0.25) is 14.5 Å². The van der Waals surface area contributed by atoms with Gasteiger partial charge in [-0.05, 0) is 18.6 Å². The number of carbonyl (C=O) groups is 3. The van der Waals surface area contributed by atoms with Crippen molar-refractivity contribution < 1.29 is 19.5 Å². The van der Waals surface area contributed by atoms with Gasteiger partial charge in [0.15, 0.2) is 0 Å². The number of aryl methyl sites for hydroxylation is 1. The van der Waals surface area contributed by atoms with E-state index < -0.39 is 23.8 Å². The first-order valence-electron chi connectivity index (χ1n) is 7.99. The van der Waals surface area contributed by atoms with Gasteiger partial charge in [0.2, 0.25) is 5.91 Å². The molecule has 1 saturated heterocycles. The molecular formula is C17H16N4O4S2. The van der Waals surface area contributed by atoms with Crippen molar-refractivity contribution in [3.63, 3.8) is 0 Å². The molecule has 2 heterocycles. The molecule has 27 heavy (non-hydrogen) atoms. The zero-order chi connectivity index (χ0) is 19.7. The molecule has 1 fully saturated rings. The van der Waals surface area contributed by atoms with Crippen LogP contribution in [0.2, 0.25) is 0 Å². The molecule has 3 N–H and O–H groups in total. The molecule has 140 valence electrons. The van der Waals surface area contributed by atoms with Crippen LogP contribution in [0, 0.1) is 0 Å². The lowest BCUT2D eigenvalue weighted by molar-refractivity contribution is -0.145.